The van der Waals surface area contributed by atoms with E-state index in [1.165, 1.54) is 6.20 Å². The number of esters is 1. The van der Waals surface area contributed by atoms with Gasteiger partial charge in [-0.2, -0.15) is 0 Å². The third-order valence-corrected chi connectivity index (χ3v) is 2.30. The molecule has 1 aromatic rings. The van der Waals surface area contributed by atoms with Crippen molar-refractivity contribution >= 4 is 5.97 Å². The van der Waals surface area contributed by atoms with E-state index in [1.54, 1.807) is 19.1 Å². The van der Waals surface area contributed by atoms with Crippen LogP contribution in [0.25, 0.3) is 0 Å². The average molecular weight is 253 g/mol. The van der Waals surface area contributed by atoms with Crippen molar-refractivity contribution in [1.82, 2.24) is 4.98 Å². The van der Waals surface area contributed by atoms with Gasteiger partial charge in [0, 0.05) is 18.9 Å². The molecule has 0 aliphatic carbocycles. The molecule has 0 aliphatic rings. The second kappa shape index (κ2) is 8.47. The summed E-state index contributed by atoms with van der Waals surface area (Å²) in [5.41, 5.74) is 0.421. The van der Waals surface area contributed by atoms with Crippen molar-refractivity contribution in [1.29, 1.82) is 0 Å². The minimum Gasteiger partial charge on any atom is -0.478 e. The molecule has 1 heterocycles. The minimum atomic E-state index is -0.375. The second-order valence-electron chi connectivity index (χ2n) is 3.74. The predicted molar refractivity (Wildman–Crippen MR) is 66.6 cm³/mol. The summed E-state index contributed by atoms with van der Waals surface area (Å²) in [4.78, 5) is 15.4. The standard InChI is InChI=1S/C13H19NO4/c1-2-17-13(16)11-6-7-12(14-10-11)18-9-5-3-4-8-15/h6-7,10,15H,2-5,8-9H2,1H3. The maximum Gasteiger partial charge on any atom is 0.339 e. The Morgan fingerprint density at radius 2 is 2.17 bits per heavy atom. The summed E-state index contributed by atoms with van der Waals surface area (Å²) >= 11 is 0. The quantitative estimate of drug-likeness (QED) is 0.565. The zero-order valence-electron chi connectivity index (χ0n) is 10.6. The van der Waals surface area contributed by atoms with E-state index >= 15 is 0 Å². The van der Waals surface area contributed by atoms with Gasteiger partial charge in [-0.1, -0.05) is 0 Å². The minimum absolute atomic E-state index is 0.215. The first-order valence-electron chi connectivity index (χ1n) is 6.14. The maximum atomic E-state index is 11.4. The van der Waals surface area contributed by atoms with Crippen LogP contribution in [0.2, 0.25) is 0 Å². The summed E-state index contributed by atoms with van der Waals surface area (Å²) in [5.74, 6) is 0.117. The fraction of sp³-hybridized carbons (Fsp3) is 0.538. The molecule has 100 valence electrons. The molecular formula is C13H19NO4. The summed E-state index contributed by atoms with van der Waals surface area (Å²) in [6.45, 7) is 2.88. The summed E-state index contributed by atoms with van der Waals surface area (Å²) in [7, 11) is 0. The van der Waals surface area contributed by atoms with Crippen LogP contribution in [-0.2, 0) is 4.74 Å². The summed E-state index contributed by atoms with van der Waals surface area (Å²) in [6.07, 6.45) is 4.04. The topological polar surface area (TPSA) is 68.7 Å². The molecule has 0 spiro atoms. The smallest absolute Gasteiger partial charge is 0.339 e. The molecule has 5 nitrogen and oxygen atoms in total. The lowest BCUT2D eigenvalue weighted by molar-refractivity contribution is 0.0526. The number of ether oxygens (including phenoxy) is 2. The van der Waals surface area contributed by atoms with Crippen molar-refractivity contribution in [3.8, 4) is 5.88 Å². The van der Waals surface area contributed by atoms with Crippen molar-refractivity contribution in [3.63, 3.8) is 0 Å². The Bertz CT molecular complexity index is 351. The Kier molecular flexibility index (Phi) is 6.79. The number of aliphatic hydroxyl groups excluding tert-OH is 1. The Balaban J connectivity index is 2.33. The number of carbonyl (C=O) groups excluding carboxylic acids is 1. The van der Waals surface area contributed by atoms with Gasteiger partial charge in [-0.3, -0.25) is 0 Å². The Morgan fingerprint density at radius 1 is 1.33 bits per heavy atom. The number of unbranched alkanes of at least 4 members (excludes halogenated alkanes) is 2. The lowest BCUT2D eigenvalue weighted by atomic mass is 10.2. The van der Waals surface area contributed by atoms with Gasteiger partial charge in [-0.05, 0) is 32.3 Å². The molecule has 0 radical (unpaired) electrons. The van der Waals surface area contributed by atoms with E-state index in [1.807, 2.05) is 0 Å². The fourth-order valence-electron chi connectivity index (χ4n) is 1.37. The molecule has 0 fully saturated rings. The van der Waals surface area contributed by atoms with Crippen molar-refractivity contribution < 1.29 is 19.4 Å². The summed E-state index contributed by atoms with van der Waals surface area (Å²) in [5, 5.41) is 8.61. The van der Waals surface area contributed by atoms with Crippen LogP contribution < -0.4 is 4.74 Å². The normalized spacial score (nSPS) is 10.1. The number of nitrogens with zero attached hydrogens (tertiary/aromatic N) is 1. The second-order valence-corrected chi connectivity index (χ2v) is 3.74. The number of hydrogen-bond acceptors (Lipinski definition) is 5. The largest absolute Gasteiger partial charge is 0.478 e. The number of aliphatic hydroxyl groups is 1. The number of aromatic nitrogens is 1. The highest BCUT2D eigenvalue weighted by Gasteiger charge is 2.06. The number of rotatable bonds is 8. The van der Waals surface area contributed by atoms with Crippen LogP contribution in [0, 0.1) is 0 Å². The summed E-state index contributed by atoms with van der Waals surface area (Å²) in [6, 6.07) is 3.28. The van der Waals surface area contributed by atoms with Gasteiger partial charge in [0.05, 0.1) is 18.8 Å². The monoisotopic (exact) mass is 253 g/mol. The Morgan fingerprint density at radius 3 is 2.78 bits per heavy atom. The van der Waals surface area contributed by atoms with E-state index in [9.17, 15) is 4.79 Å². The van der Waals surface area contributed by atoms with Gasteiger partial charge in [-0.15, -0.1) is 0 Å². The molecular weight excluding hydrogens is 234 g/mol. The van der Waals surface area contributed by atoms with E-state index in [0.717, 1.165) is 19.3 Å². The fourth-order valence-corrected chi connectivity index (χ4v) is 1.37. The van der Waals surface area contributed by atoms with Crippen molar-refractivity contribution in [2.75, 3.05) is 19.8 Å². The number of pyridine rings is 1. The van der Waals surface area contributed by atoms with Gasteiger partial charge in [0.1, 0.15) is 0 Å². The lowest BCUT2D eigenvalue weighted by Crippen LogP contribution is -2.06. The van der Waals surface area contributed by atoms with E-state index < -0.39 is 0 Å². The summed E-state index contributed by atoms with van der Waals surface area (Å²) < 4.78 is 10.3. The highest BCUT2D eigenvalue weighted by atomic mass is 16.5. The van der Waals surface area contributed by atoms with Crippen LogP contribution in [0.1, 0.15) is 36.5 Å². The van der Waals surface area contributed by atoms with E-state index in [0.29, 0.717) is 24.7 Å². The van der Waals surface area contributed by atoms with Crippen LogP contribution in [0.4, 0.5) is 0 Å². The molecule has 1 N–H and O–H groups in total. The average Bonchev–Trinajstić information content (AvgIpc) is 2.39. The molecule has 0 saturated carbocycles. The van der Waals surface area contributed by atoms with Gasteiger partial charge < -0.3 is 14.6 Å². The molecule has 0 aromatic carbocycles. The third kappa shape index (κ3) is 5.14. The van der Waals surface area contributed by atoms with Gasteiger partial charge in [0.15, 0.2) is 0 Å². The van der Waals surface area contributed by atoms with Crippen LogP contribution >= 0.6 is 0 Å². The van der Waals surface area contributed by atoms with Crippen molar-refractivity contribution in [2.24, 2.45) is 0 Å². The highest BCUT2D eigenvalue weighted by Crippen LogP contribution is 2.09. The van der Waals surface area contributed by atoms with Crippen LogP contribution in [0.5, 0.6) is 5.88 Å². The maximum absolute atomic E-state index is 11.4. The first kappa shape index (κ1) is 14.4. The molecule has 0 atom stereocenters. The Hall–Kier alpha value is -1.62. The number of carbonyl (C=O) groups is 1. The number of hydrogen-bond donors (Lipinski definition) is 1. The van der Waals surface area contributed by atoms with Gasteiger partial charge in [0.25, 0.3) is 0 Å². The first-order chi connectivity index (χ1) is 8.77. The van der Waals surface area contributed by atoms with Gasteiger partial charge >= 0.3 is 5.97 Å². The lowest BCUT2D eigenvalue weighted by Gasteiger charge is -2.05. The molecule has 0 saturated heterocycles. The molecule has 0 aliphatic heterocycles. The molecule has 0 amide bonds. The van der Waals surface area contributed by atoms with Crippen LogP contribution in [0.3, 0.4) is 0 Å². The van der Waals surface area contributed by atoms with Crippen molar-refractivity contribution in [2.45, 2.75) is 26.2 Å². The van der Waals surface area contributed by atoms with E-state index in [4.69, 9.17) is 14.6 Å². The van der Waals surface area contributed by atoms with Crippen molar-refractivity contribution in [3.05, 3.63) is 23.9 Å². The van der Waals surface area contributed by atoms with Gasteiger partial charge in [0.2, 0.25) is 5.88 Å². The van der Waals surface area contributed by atoms with Crippen LogP contribution in [-0.4, -0.2) is 35.9 Å². The molecule has 0 bridgehead atoms. The molecule has 0 unspecified atom stereocenters. The molecule has 18 heavy (non-hydrogen) atoms. The zero-order chi connectivity index (χ0) is 13.2. The molecule has 5 heteroatoms. The Labute approximate surface area is 107 Å². The van der Waals surface area contributed by atoms with Gasteiger partial charge in [-0.25, -0.2) is 9.78 Å². The SMILES string of the molecule is CCOC(=O)c1ccc(OCCCCCO)nc1. The predicted octanol–water partition coefficient (Wildman–Crippen LogP) is 1.80. The molecule has 1 rings (SSSR count). The zero-order valence-corrected chi connectivity index (χ0v) is 10.6. The third-order valence-electron chi connectivity index (χ3n) is 2.30. The first-order valence-corrected chi connectivity index (χ1v) is 6.14. The van der Waals surface area contributed by atoms with Crippen LogP contribution in [0.15, 0.2) is 18.3 Å². The molecule has 1 aromatic heterocycles. The van der Waals surface area contributed by atoms with E-state index in [2.05, 4.69) is 4.98 Å². The van der Waals surface area contributed by atoms with E-state index in [-0.39, 0.29) is 12.6 Å². The highest BCUT2D eigenvalue weighted by molar-refractivity contribution is 5.89.